The number of rotatable bonds is 30. The summed E-state index contributed by atoms with van der Waals surface area (Å²) in [4.78, 5) is 30.6. The Morgan fingerprint density at radius 2 is 0.490 bits per heavy atom. The number of carbonyl (C=O) groups is 3. The summed E-state index contributed by atoms with van der Waals surface area (Å²) < 4.78 is 0. The molecule has 1 aromatic rings. The van der Waals surface area contributed by atoms with Gasteiger partial charge in [-0.15, -0.1) is 0 Å². The normalized spacial score (nSPS) is 10.2. The van der Waals surface area contributed by atoms with Gasteiger partial charge in [-0.05, 0) is 19.3 Å². The second kappa shape index (κ2) is 43.2. The van der Waals surface area contributed by atoms with Gasteiger partial charge in [-0.3, -0.25) is 14.4 Å². The van der Waals surface area contributed by atoms with Crippen LogP contribution in [0.3, 0.4) is 0 Å². The molecule has 0 amide bonds. The molecule has 0 radical (unpaired) electrons. The van der Waals surface area contributed by atoms with Gasteiger partial charge in [0, 0.05) is 37.5 Å². The number of aliphatic carboxylic acids is 3. The molecular weight excluding hydrogens is 648 g/mol. The Kier molecular flexibility index (Phi) is 44.4. The van der Waals surface area contributed by atoms with Gasteiger partial charge in [-0.2, -0.15) is 0 Å². The number of aromatic hydroxyl groups is 3. The first-order valence-electron chi connectivity index (χ1n) is 20.4. The first kappa shape index (κ1) is 52.4. The highest BCUT2D eigenvalue weighted by atomic mass is 16.4. The zero-order valence-electron chi connectivity index (χ0n) is 32.9. The van der Waals surface area contributed by atoms with Crippen LogP contribution in [0, 0.1) is 0 Å². The summed E-state index contributed by atoms with van der Waals surface area (Å²) in [5.74, 6) is -2.42. The second-order valence-corrected chi connectivity index (χ2v) is 13.6. The highest BCUT2D eigenvalue weighted by Crippen LogP contribution is 2.24. The smallest absolute Gasteiger partial charge is 0.303 e. The number of hydrogen-bond donors (Lipinski definition) is 6. The zero-order valence-corrected chi connectivity index (χ0v) is 32.9. The van der Waals surface area contributed by atoms with Gasteiger partial charge in [0.15, 0.2) is 0 Å². The van der Waals surface area contributed by atoms with E-state index in [1.165, 1.54) is 135 Å². The lowest BCUT2D eigenvalue weighted by Gasteiger charge is -2.00. The maximum Gasteiger partial charge on any atom is 0.303 e. The third kappa shape index (κ3) is 54.0. The molecule has 0 fully saturated rings. The molecule has 0 saturated carbocycles. The van der Waals surface area contributed by atoms with E-state index in [-0.39, 0.29) is 17.2 Å². The van der Waals surface area contributed by atoms with Crippen LogP contribution in [0.2, 0.25) is 0 Å². The molecule has 300 valence electrons. The van der Waals surface area contributed by atoms with Crippen LogP contribution in [0.5, 0.6) is 17.2 Å². The fourth-order valence-corrected chi connectivity index (χ4v) is 5.34. The van der Waals surface area contributed by atoms with E-state index >= 15 is 0 Å². The molecule has 0 spiro atoms. The molecule has 0 unspecified atom stereocenters. The molecule has 6 N–H and O–H groups in total. The molecule has 0 aromatic heterocycles. The third-order valence-electron chi connectivity index (χ3n) is 8.37. The monoisotopic (exact) mass is 727 g/mol. The summed E-state index contributed by atoms with van der Waals surface area (Å²) in [6, 6.07) is 3.42. The van der Waals surface area contributed by atoms with Gasteiger partial charge in [-0.1, -0.05) is 175 Å². The molecule has 9 heteroatoms. The van der Waals surface area contributed by atoms with E-state index in [4.69, 9.17) is 30.6 Å². The summed E-state index contributed by atoms with van der Waals surface area (Å²) in [7, 11) is 0. The van der Waals surface area contributed by atoms with E-state index in [0.717, 1.165) is 56.7 Å². The van der Waals surface area contributed by atoms with Crippen molar-refractivity contribution in [2.75, 3.05) is 0 Å². The molecule has 1 aromatic carbocycles. The summed E-state index contributed by atoms with van der Waals surface area (Å²) in [6.45, 7) is 6.68. The maximum absolute atomic E-state index is 10.2. The van der Waals surface area contributed by atoms with Crippen molar-refractivity contribution < 1.29 is 45.0 Å². The molecule has 0 aliphatic heterocycles. The minimum atomic E-state index is -0.659. The molecule has 1 rings (SSSR count). The molecular formula is C42H78O9. The quantitative estimate of drug-likeness (QED) is 0.0422. The fraction of sp³-hybridized carbons (Fsp3) is 0.786. The molecule has 9 nitrogen and oxygen atoms in total. The predicted molar refractivity (Wildman–Crippen MR) is 210 cm³/mol. The van der Waals surface area contributed by atoms with Crippen molar-refractivity contribution in [1.29, 1.82) is 0 Å². The van der Waals surface area contributed by atoms with Crippen molar-refractivity contribution in [1.82, 2.24) is 0 Å². The van der Waals surface area contributed by atoms with Crippen molar-refractivity contribution in [2.24, 2.45) is 0 Å². The molecule has 0 atom stereocenters. The minimum Gasteiger partial charge on any atom is -0.508 e. The van der Waals surface area contributed by atoms with Crippen molar-refractivity contribution in [3.05, 3.63) is 18.2 Å². The Hall–Kier alpha value is -2.97. The number of carboxylic acids is 3. The number of phenolic OH excluding ortho intramolecular Hbond substituents is 3. The zero-order chi connectivity index (χ0) is 38.8. The van der Waals surface area contributed by atoms with Gasteiger partial charge >= 0.3 is 17.9 Å². The maximum atomic E-state index is 10.2. The Labute approximate surface area is 311 Å². The van der Waals surface area contributed by atoms with Crippen molar-refractivity contribution in [3.8, 4) is 17.2 Å². The van der Waals surface area contributed by atoms with Gasteiger partial charge in [0.25, 0.3) is 0 Å². The fourth-order valence-electron chi connectivity index (χ4n) is 5.34. The standard InChI is InChI=1S/3C12H24O2.C6H6O3/c3*1-2-3-4-5-6-7-8-9-10-11-12(13)14;7-4-1-5(8)3-6(9)2-4/h3*2-11H2,1H3,(H,13,14);1-3,7-9H. The predicted octanol–water partition coefficient (Wildman–Crippen LogP) is 12.8. The molecule has 0 bridgehead atoms. The van der Waals surface area contributed by atoms with Crippen LogP contribution in [0.15, 0.2) is 18.2 Å². The van der Waals surface area contributed by atoms with E-state index < -0.39 is 17.9 Å². The number of carboxylic acid groups (broad SMARTS) is 3. The molecule has 51 heavy (non-hydrogen) atoms. The lowest BCUT2D eigenvalue weighted by atomic mass is 10.1. The molecule has 0 saturated heterocycles. The van der Waals surface area contributed by atoms with E-state index in [1.54, 1.807) is 0 Å². The average molecular weight is 727 g/mol. The molecule has 0 heterocycles. The minimum absolute atomic E-state index is 0.146. The first-order chi connectivity index (χ1) is 24.5. The highest BCUT2D eigenvalue weighted by molar-refractivity contribution is 5.67. The van der Waals surface area contributed by atoms with Crippen molar-refractivity contribution >= 4 is 17.9 Å². The first-order valence-corrected chi connectivity index (χ1v) is 20.4. The van der Waals surface area contributed by atoms with Gasteiger partial charge in [-0.25, -0.2) is 0 Å². The molecule has 0 aliphatic rings. The average Bonchev–Trinajstić information content (AvgIpc) is 3.06. The van der Waals surface area contributed by atoms with Crippen LogP contribution in [0.1, 0.15) is 213 Å². The summed E-state index contributed by atoms with van der Waals surface area (Å²) >= 11 is 0. The van der Waals surface area contributed by atoms with Crippen LogP contribution in [0.25, 0.3) is 0 Å². The number of benzene rings is 1. The highest BCUT2D eigenvalue weighted by Gasteiger charge is 1.99. The topological polar surface area (TPSA) is 173 Å². The van der Waals surface area contributed by atoms with E-state index in [2.05, 4.69) is 20.8 Å². The van der Waals surface area contributed by atoms with Gasteiger partial charge in [0.1, 0.15) is 17.2 Å². The third-order valence-corrected chi connectivity index (χ3v) is 8.37. The van der Waals surface area contributed by atoms with Crippen LogP contribution in [-0.2, 0) is 14.4 Å². The van der Waals surface area contributed by atoms with Gasteiger partial charge < -0.3 is 30.6 Å². The lowest BCUT2D eigenvalue weighted by molar-refractivity contribution is -0.138. The summed E-state index contributed by atoms with van der Waals surface area (Å²) in [5.41, 5.74) is 0. The lowest BCUT2D eigenvalue weighted by Crippen LogP contribution is -1.93. The Balaban J connectivity index is -0.000000609. The van der Waals surface area contributed by atoms with Crippen LogP contribution in [0.4, 0.5) is 0 Å². The van der Waals surface area contributed by atoms with E-state index in [9.17, 15) is 14.4 Å². The van der Waals surface area contributed by atoms with Crippen molar-refractivity contribution in [3.63, 3.8) is 0 Å². The second-order valence-electron chi connectivity index (χ2n) is 13.6. The number of unbranched alkanes of at least 4 members (excludes halogenated alkanes) is 24. The van der Waals surface area contributed by atoms with Crippen molar-refractivity contribution in [2.45, 2.75) is 213 Å². The largest absolute Gasteiger partial charge is 0.508 e. The molecule has 0 aliphatic carbocycles. The van der Waals surface area contributed by atoms with Crippen LogP contribution in [-0.4, -0.2) is 48.5 Å². The Morgan fingerprint density at radius 3 is 0.647 bits per heavy atom. The van der Waals surface area contributed by atoms with Gasteiger partial charge in [0.05, 0.1) is 0 Å². The Morgan fingerprint density at radius 1 is 0.333 bits per heavy atom. The summed E-state index contributed by atoms with van der Waals surface area (Å²) in [5, 5.41) is 51.3. The van der Waals surface area contributed by atoms with Crippen LogP contribution >= 0.6 is 0 Å². The number of phenols is 3. The Bertz CT molecular complexity index is 778. The van der Waals surface area contributed by atoms with Crippen LogP contribution < -0.4 is 0 Å². The SMILES string of the molecule is CCCCCCCCCCCC(=O)O.CCCCCCCCCCCC(=O)O.CCCCCCCCCCCC(=O)O.Oc1cc(O)cc(O)c1. The number of hydrogen-bond acceptors (Lipinski definition) is 6. The van der Waals surface area contributed by atoms with E-state index in [0.29, 0.717) is 19.3 Å². The van der Waals surface area contributed by atoms with Gasteiger partial charge in [0.2, 0.25) is 0 Å². The van der Waals surface area contributed by atoms with E-state index in [1.807, 2.05) is 0 Å². The summed E-state index contributed by atoms with van der Waals surface area (Å²) in [6.07, 6.45) is 34.4.